The van der Waals surface area contributed by atoms with Crippen molar-refractivity contribution in [2.45, 2.75) is 61.8 Å². The standard InChI is InChI=1S/C29H40N2OS/c1-33-27-13-11-26(12-14-27)32-22-6-19-31-20-16-25(17-21-31)29(24-8-3-4-9-24)28-10-5-2-7-23(28)15-18-30-29/h2,5,7,10-14,24-25,30H,3-4,6,8-9,15-22H2,1H3. The van der Waals surface area contributed by atoms with Gasteiger partial charge in [-0.3, -0.25) is 0 Å². The average molecular weight is 465 g/mol. The van der Waals surface area contributed by atoms with Crippen LogP contribution >= 0.6 is 11.8 Å². The highest BCUT2D eigenvalue weighted by atomic mass is 32.2. The summed E-state index contributed by atoms with van der Waals surface area (Å²) in [4.78, 5) is 3.96. The summed E-state index contributed by atoms with van der Waals surface area (Å²) >= 11 is 1.77. The number of likely N-dealkylation sites (tertiary alicyclic amines) is 1. The Morgan fingerprint density at radius 3 is 2.45 bits per heavy atom. The second-order valence-corrected chi connectivity index (χ2v) is 11.1. The van der Waals surface area contributed by atoms with Gasteiger partial charge in [0.05, 0.1) is 6.61 Å². The van der Waals surface area contributed by atoms with Crippen molar-refractivity contribution in [3.8, 4) is 5.75 Å². The summed E-state index contributed by atoms with van der Waals surface area (Å²) in [6.45, 7) is 5.55. The highest BCUT2D eigenvalue weighted by Crippen LogP contribution is 2.50. The van der Waals surface area contributed by atoms with Crippen LogP contribution in [0.4, 0.5) is 0 Å². The Morgan fingerprint density at radius 2 is 1.70 bits per heavy atom. The molecule has 0 amide bonds. The molecule has 4 heteroatoms. The van der Waals surface area contributed by atoms with E-state index in [0.29, 0.717) is 0 Å². The zero-order chi connectivity index (χ0) is 22.5. The van der Waals surface area contributed by atoms with Crippen LogP contribution in [0.1, 0.15) is 56.1 Å². The molecule has 178 valence electrons. The number of thioether (sulfide) groups is 1. The van der Waals surface area contributed by atoms with Gasteiger partial charge in [-0.05, 0) is 105 Å². The molecule has 3 nitrogen and oxygen atoms in total. The van der Waals surface area contributed by atoms with Crippen LogP contribution < -0.4 is 10.1 Å². The molecule has 1 saturated heterocycles. The second kappa shape index (κ2) is 10.8. The topological polar surface area (TPSA) is 24.5 Å². The maximum Gasteiger partial charge on any atom is 0.119 e. The molecule has 0 radical (unpaired) electrons. The van der Waals surface area contributed by atoms with Crippen LogP contribution in [-0.4, -0.2) is 43.9 Å². The highest BCUT2D eigenvalue weighted by Gasteiger charge is 2.49. The molecule has 2 aromatic rings. The number of nitrogens with one attached hydrogen (secondary N) is 1. The van der Waals surface area contributed by atoms with E-state index in [1.807, 2.05) is 0 Å². The van der Waals surface area contributed by atoms with Gasteiger partial charge in [0.25, 0.3) is 0 Å². The van der Waals surface area contributed by atoms with Crippen LogP contribution in [0.15, 0.2) is 53.4 Å². The number of nitrogens with zero attached hydrogens (tertiary/aromatic N) is 1. The molecule has 33 heavy (non-hydrogen) atoms. The Kier molecular flexibility index (Phi) is 7.64. The minimum atomic E-state index is 0.212. The van der Waals surface area contributed by atoms with Gasteiger partial charge in [0.2, 0.25) is 0 Å². The van der Waals surface area contributed by atoms with E-state index in [9.17, 15) is 0 Å². The van der Waals surface area contributed by atoms with Crippen molar-refractivity contribution in [3.05, 3.63) is 59.7 Å². The summed E-state index contributed by atoms with van der Waals surface area (Å²) < 4.78 is 5.99. The summed E-state index contributed by atoms with van der Waals surface area (Å²) in [7, 11) is 0. The third-order valence-electron chi connectivity index (χ3n) is 8.45. The van der Waals surface area contributed by atoms with Crippen LogP contribution in [0.25, 0.3) is 0 Å². The van der Waals surface area contributed by atoms with Gasteiger partial charge in [-0.25, -0.2) is 0 Å². The zero-order valence-electron chi connectivity index (χ0n) is 20.2. The lowest BCUT2D eigenvalue weighted by Gasteiger charge is -2.52. The van der Waals surface area contributed by atoms with Crippen LogP contribution in [0.5, 0.6) is 5.75 Å². The number of benzene rings is 2. The Hall–Kier alpha value is -1.49. The fourth-order valence-electron chi connectivity index (χ4n) is 6.85. The zero-order valence-corrected chi connectivity index (χ0v) is 21.0. The fraction of sp³-hybridized carbons (Fsp3) is 0.586. The number of hydrogen-bond donors (Lipinski definition) is 1. The summed E-state index contributed by atoms with van der Waals surface area (Å²) in [6.07, 6.45) is 12.6. The normalized spacial score (nSPS) is 24.6. The molecule has 0 bridgehead atoms. The molecule has 1 unspecified atom stereocenters. The van der Waals surface area contributed by atoms with E-state index in [1.54, 1.807) is 22.9 Å². The first-order valence-corrected chi connectivity index (χ1v) is 14.3. The largest absolute Gasteiger partial charge is 0.494 e. The first-order valence-electron chi connectivity index (χ1n) is 13.1. The quantitative estimate of drug-likeness (QED) is 0.376. The molecule has 3 aliphatic rings. The number of ether oxygens (including phenoxy) is 1. The Bertz CT molecular complexity index is 887. The van der Waals surface area contributed by atoms with Gasteiger partial charge >= 0.3 is 0 Å². The Balaban J connectivity index is 1.17. The highest BCUT2D eigenvalue weighted by molar-refractivity contribution is 7.98. The molecule has 2 fully saturated rings. The smallest absolute Gasteiger partial charge is 0.119 e. The van der Waals surface area contributed by atoms with Crippen LogP contribution in [0.3, 0.4) is 0 Å². The van der Waals surface area contributed by atoms with Gasteiger partial charge in [-0.15, -0.1) is 11.8 Å². The van der Waals surface area contributed by atoms with E-state index >= 15 is 0 Å². The number of hydrogen-bond acceptors (Lipinski definition) is 4. The number of rotatable bonds is 8. The monoisotopic (exact) mass is 464 g/mol. The SMILES string of the molecule is CSc1ccc(OCCCN2CCC(C3(C4CCCC4)NCCc4ccccc43)CC2)cc1. The van der Waals surface area contributed by atoms with Gasteiger partial charge in [-0.2, -0.15) is 0 Å². The fourth-order valence-corrected chi connectivity index (χ4v) is 7.25. The minimum Gasteiger partial charge on any atom is -0.494 e. The molecule has 5 rings (SSSR count). The molecular weight excluding hydrogens is 424 g/mol. The maximum atomic E-state index is 5.99. The van der Waals surface area contributed by atoms with Gasteiger partial charge in [0, 0.05) is 23.5 Å². The maximum absolute atomic E-state index is 5.99. The first-order chi connectivity index (χ1) is 16.3. The van der Waals surface area contributed by atoms with Gasteiger partial charge in [0.1, 0.15) is 5.75 Å². The molecule has 1 aliphatic carbocycles. The summed E-state index contributed by atoms with van der Waals surface area (Å²) in [6, 6.07) is 17.8. The molecule has 2 aliphatic heterocycles. The van der Waals surface area contributed by atoms with Crippen molar-refractivity contribution in [1.29, 1.82) is 0 Å². The lowest BCUT2D eigenvalue weighted by Crippen LogP contribution is -2.58. The van der Waals surface area contributed by atoms with E-state index in [1.165, 1.54) is 62.9 Å². The van der Waals surface area contributed by atoms with Gasteiger partial charge in [0.15, 0.2) is 0 Å². The molecule has 0 spiro atoms. The van der Waals surface area contributed by atoms with E-state index in [2.05, 4.69) is 65.0 Å². The molecule has 1 saturated carbocycles. The Labute approximate surface area is 204 Å². The van der Waals surface area contributed by atoms with Crippen molar-refractivity contribution in [2.75, 3.05) is 39.0 Å². The third-order valence-corrected chi connectivity index (χ3v) is 9.20. The van der Waals surface area contributed by atoms with Crippen LogP contribution in [-0.2, 0) is 12.0 Å². The van der Waals surface area contributed by atoms with Crippen LogP contribution in [0, 0.1) is 11.8 Å². The predicted molar refractivity (Wildman–Crippen MR) is 139 cm³/mol. The summed E-state index contributed by atoms with van der Waals surface area (Å²) in [5.74, 6) is 2.55. The lowest BCUT2D eigenvalue weighted by molar-refractivity contribution is 0.0543. The summed E-state index contributed by atoms with van der Waals surface area (Å²) in [5.41, 5.74) is 3.46. The van der Waals surface area contributed by atoms with E-state index in [-0.39, 0.29) is 5.54 Å². The first kappa shape index (κ1) is 23.3. The third kappa shape index (κ3) is 4.99. The second-order valence-electron chi connectivity index (χ2n) is 10.2. The average Bonchev–Trinajstić information content (AvgIpc) is 3.43. The van der Waals surface area contributed by atoms with E-state index in [4.69, 9.17) is 4.74 Å². The summed E-state index contributed by atoms with van der Waals surface area (Å²) in [5, 5.41) is 4.15. The lowest BCUT2D eigenvalue weighted by atomic mass is 9.63. The molecule has 0 aromatic heterocycles. The molecule has 2 heterocycles. The predicted octanol–water partition coefficient (Wildman–Crippen LogP) is 6.12. The number of piperidine rings is 1. The van der Waals surface area contributed by atoms with E-state index < -0.39 is 0 Å². The number of fused-ring (bicyclic) bond motifs is 1. The molecular formula is C29H40N2OS. The van der Waals surface area contributed by atoms with Crippen molar-refractivity contribution in [1.82, 2.24) is 10.2 Å². The van der Waals surface area contributed by atoms with Gasteiger partial charge < -0.3 is 15.0 Å². The van der Waals surface area contributed by atoms with E-state index in [0.717, 1.165) is 43.7 Å². The minimum absolute atomic E-state index is 0.212. The molecule has 1 N–H and O–H groups in total. The van der Waals surface area contributed by atoms with Gasteiger partial charge in [-0.1, -0.05) is 37.1 Å². The van der Waals surface area contributed by atoms with Crippen molar-refractivity contribution >= 4 is 11.8 Å². The van der Waals surface area contributed by atoms with Crippen molar-refractivity contribution < 1.29 is 4.74 Å². The van der Waals surface area contributed by atoms with Crippen molar-refractivity contribution in [3.63, 3.8) is 0 Å². The Morgan fingerprint density at radius 1 is 0.970 bits per heavy atom. The molecule has 2 aromatic carbocycles. The van der Waals surface area contributed by atoms with Crippen LogP contribution in [0.2, 0.25) is 0 Å². The van der Waals surface area contributed by atoms with Crippen molar-refractivity contribution in [2.24, 2.45) is 11.8 Å². The molecule has 1 atom stereocenters.